The molecule has 0 aliphatic heterocycles. The molecular formula is C12H18BrNO3S. The van der Waals surface area contributed by atoms with E-state index >= 15 is 0 Å². The Hall–Kier alpha value is -0.430. The summed E-state index contributed by atoms with van der Waals surface area (Å²) >= 11 is 3.38. The lowest BCUT2D eigenvalue weighted by atomic mass is 10.1. The zero-order valence-electron chi connectivity index (χ0n) is 10.5. The molecule has 0 radical (unpaired) electrons. The molecule has 0 aliphatic rings. The van der Waals surface area contributed by atoms with Gasteiger partial charge in [-0.25, -0.2) is 8.42 Å². The Kier molecular flexibility index (Phi) is 5.78. The third-order valence-corrected chi connectivity index (χ3v) is 4.17. The van der Waals surface area contributed by atoms with Gasteiger partial charge in [0, 0.05) is 17.3 Å². The molecule has 0 bridgehead atoms. The summed E-state index contributed by atoms with van der Waals surface area (Å²) in [5.74, 6) is 0.0913. The Balaban J connectivity index is 2.77. The van der Waals surface area contributed by atoms with Crippen LogP contribution < -0.4 is 0 Å². The largest absolute Gasteiger partial charge is 0.394 e. The van der Waals surface area contributed by atoms with Gasteiger partial charge in [0.05, 0.1) is 18.4 Å². The fourth-order valence-corrected chi connectivity index (χ4v) is 2.72. The molecule has 4 nitrogen and oxygen atoms in total. The SMILES string of the molecule is CN(CCS(C)(=O)=O)[C@H](CO)c1cccc(Br)c1. The Morgan fingerprint density at radius 1 is 1.44 bits per heavy atom. The van der Waals surface area contributed by atoms with Gasteiger partial charge in [0.1, 0.15) is 9.84 Å². The van der Waals surface area contributed by atoms with Crippen molar-refractivity contribution in [3.63, 3.8) is 0 Å². The Morgan fingerprint density at radius 2 is 2.11 bits per heavy atom. The lowest BCUT2D eigenvalue weighted by Crippen LogP contribution is -2.31. The second-order valence-corrected chi connectivity index (χ2v) is 7.54. The van der Waals surface area contributed by atoms with Crippen LogP contribution in [0.15, 0.2) is 28.7 Å². The number of hydrogen-bond donors (Lipinski definition) is 1. The number of aliphatic hydroxyl groups excluding tert-OH is 1. The van der Waals surface area contributed by atoms with Crippen molar-refractivity contribution < 1.29 is 13.5 Å². The van der Waals surface area contributed by atoms with Gasteiger partial charge < -0.3 is 5.11 Å². The number of hydrogen-bond acceptors (Lipinski definition) is 4. The van der Waals surface area contributed by atoms with E-state index < -0.39 is 9.84 Å². The molecule has 0 aliphatic carbocycles. The average molecular weight is 336 g/mol. The Bertz CT molecular complexity index is 490. The van der Waals surface area contributed by atoms with Crippen molar-refractivity contribution in [2.24, 2.45) is 0 Å². The first-order valence-electron chi connectivity index (χ1n) is 5.58. The summed E-state index contributed by atoms with van der Waals surface area (Å²) in [6.07, 6.45) is 1.22. The minimum absolute atomic E-state index is 0.0449. The maximum Gasteiger partial charge on any atom is 0.148 e. The normalized spacial score (nSPS) is 13.8. The summed E-state index contributed by atoms with van der Waals surface area (Å²) in [6, 6.07) is 7.46. The van der Waals surface area contributed by atoms with Crippen LogP contribution in [0.3, 0.4) is 0 Å². The molecule has 0 spiro atoms. The number of rotatable bonds is 6. The van der Waals surface area contributed by atoms with Crippen LogP contribution in [0.1, 0.15) is 11.6 Å². The third-order valence-electron chi connectivity index (χ3n) is 2.75. The van der Waals surface area contributed by atoms with Crippen LogP contribution in [0.25, 0.3) is 0 Å². The number of nitrogens with zero attached hydrogens (tertiary/aromatic N) is 1. The minimum Gasteiger partial charge on any atom is -0.394 e. The number of aliphatic hydroxyl groups is 1. The standard InChI is InChI=1S/C12H18BrNO3S/c1-14(6-7-18(2,16)17)12(9-15)10-4-3-5-11(13)8-10/h3-5,8,12,15H,6-7,9H2,1-2H3/t12-/m1/s1. The second kappa shape index (κ2) is 6.65. The third kappa shape index (κ3) is 5.06. The van der Waals surface area contributed by atoms with Crippen molar-refractivity contribution in [2.45, 2.75) is 6.04 Å². The fourth-order valence-electron chi connectivity index (χ4n) is 1.68. The van der Waals surface area contributed by atoms with Gasteiger partial charge in [-0.1, -0.05) is 28.1 Å². The predicted molar refractivity (Wildman–Crippen MR) is 76.3 cm³/mol. The first-order valence-corrected chi connectivity index (χ1v) is 8.43. The summed E-state index contributed by atoms with van der Waals surface area (Å²) in [5.41, 5.74) is 0.961. The molecule has 0 saturated carbocycles. The molecule has 102 valence electrons. The molecule has 1 N–H and O–H groups in total. The van der Waals surface area contributed by atoms with Crippen molar-refractivity contribution in [1.29, 1.82) is 0 Å². The van der Waals surface area contributed by atoms with Crippen LogP contribution >= 0.6 is 15.9 Å². The number of likely N-dealkylation sites (N-methyl/N-ethyl adjacent to an activating group) is 1. The van der Waals surface area contributed by atoms with Gasteiger partial charge in [-0.15, -0.1) is 0 Å². The smallest absolute Gasteiger partial charge is 0.148 e. The van der Waals surface area contributed by atoms with Gasteiger partial charge in [0.25, 0.3) is 0 Å². The van der Waals surface area contributed by atoms with Crippen LogP contribution in [0.5, 0.6) is 0 Å². The maximum atomic E-state index is 11.1. The highest BCUT2D eigenvalue weighted by atomic mass is 79.9. The van der Waals surface area contributed by atoms with E-state index in [1.807, 2.05) is 36.2 Å². The van der Waals surface area contributed by atoms with Crippen LogP contribution in [0, 0.1) is 0 Å². The van der Waals surface area contributed by atoms with Crippen LogP contribution in [-0.4, -0.2) is 50.6 Å². The molecule has 1 aromatic carbocycles. The quantitative estimate of drug-likeness (QED) is 0.855. The van der Waals surface area contributed by atoms with E-state index in [0.717, 1.165) is 10.0 Å². The molecule has 6 heteroatoms. The summed E-state index contributed by atoms with van der Waals surface area (Å²) in [6.45, 7) is 0.354. The molecule has 18 heavy (non-hydrogen) atoms. The van der Waals surface area contributed by atoms with Gasteiger partial charge in [-0.3, -0.25) is 4.90 Å². The van der Waals surface area contributed by atoms with Crippen molar-refractivity contribution in [2.75, 3.05) is 32.2 Å². The average Bonchev–Trinajstić information content (AvgIpc) is 2.26. The highest BCUT2D eigenvalue weighted by molar-refractivity contribution is 9.10. The summed E-state index contributed by atoms with van der Waals surface area (Å²) in [5, 5.41) is 9.46. The monoisotopic (exact) mass is 335 g/mol. The van der Waals surface area contributed by atoms with Crippen molar-refractivity contribution in [3.05, 3.63) is 34.3 Å². The number of benzene rings is 1. The maximum absolute atomic E-state index is 11.1. The van der Waals surface area contributed by atoms with E-state index in [4.69, 9.17) is 0 Å². The van der Waals surface area contributed by atoms with E-state index in [1.54, 1.807) is 0 Å². The summed E-state index contributed by atoms with van der Waals surface area (Å²) < 4.78 is 23.2. The van der Waals surface area contributed by atoms with E-state index in [9.17, 15) is 13.5 Å². The van der Waals surface area contributed by atoms with Gasteiger partial charge in [-0.2, -0.15) is 0 Å². The lowest BCUT2D eigenvalue weighted by molar-refractivity contribution is 0.153. The van der Waals surface area contributed by atoms with Gasteiger partial charge in [-0.05, 0) is 24.7 Å². The molecule has 0 saturated heterocycles. The van der Waals surface area contributed by atoms with Crippen LogP contribution in [-0.2, 0) is 9.84 Å². The minimum atomic E-state index is -2.98. The molecule has 1 rings (SSSR count). The molecule has 0 fully saturated rings. The van der Waals surface area contributed by atoms with E-state index in [2.05, 4.69) is 15.9 Å². The van der Waals surface area contributed by atoms with E-state index in [1.165, 1.54) is 6.26 Å². The molecule has 0 unspecified atom stereocenters. The predicted octanol–water partition coefficient (Wildman–Crippen LogP) is 1.46. The van der Waals surface area contributed by atoms with E-state index in [0.29, 0.717) is 6.54 Å². The molecule has 1 atom stereocenters. The summed E-state index contributed by atoms with van der Waals surface area (Å²) in [7, 11) is -1.17. The first-order chi connectivity index (χ1) is 8.33. The van der Waals surface area contributed by atoms with Crippen molar-refractivity contribution in [3.8, 4) is 0 Å². The first kappa shape index (κ1) is 15.6. The van der Waals surface area contributed by atoms with Gasteiger partial charge >= 0.3 is 0 Å². The zero-order valence-corrected chi connectivity index (χ0v) is 12.9. The van der Waals surface area contributed by atoms with E-state index in [-0.39, 0.29) is 18.4 Å². The van der Waals surface area contributed by atoms with Gasteiger partial charge in [0.15, 0.2) is 0 Å². The van der Waals surface area contributed by atoms with Crippen LogP contribution in [0.4, 0.5) is 0 Å². The number of sulfone groups is 1. The summed E-state index contributed by atoms with van der Waals surface area (Å²) in [4.78, 5) is 1.85. The highest BCUT2D eigenvalue weighted by Gasteiger charge is 2.17. The molecule has 0 aromatic heterocycles. The van der Waals surface area contributed by atoms with Crippen LogP contribution in [0.2, 0.25) is 0 Å². The Labute approximate surface area is 117 Å². The molecule has 0 amide bonds. The fraction of sp³-hybridized carbons (Fsp3) is 0.500. The van der Waals surface area contributed by atoms with Crippen molar-refractivity contribution in [1.82, 2.24) is 4.90 Å². The van der Waals surface area contributed by atoms with Crippen molar-refractivity contribution >= 4 is 25.8 Å². The second-order valence-electron chi connectivity index (χ2n) is 4.36. The number of halogens is 1. The Morgan fingerprint density at radius 3 is 2.61 bits per heavy atom. The topological polar surface area (TPSA) is 57.6 Å². The molecule has 0 heterocycles. The highest BCUT2D eigenvalue weighted by Crippen LogP contribution is 2.22. The molecule has 1 aromatic rings. The zero-order chi connectivity index (χ0) is 13.8. The molecular weight excluding hydrogens is 318 g/mol. The van der Waals surface area contributed by atoms with Gasteiger partial charge in [0.2, 0.25) is 0 Å². The lowest BCUT2D eigenvalue weighted by Gasteiger charge is -2.26.